The number of hydrogen-bond acceptors (Lipinski definition) is 4. The van der Waals surface area contributed by atoms with Crippen molar-refractivity contribution in [1.29, 1.82) is 0 Å². The fourth-order valence-electron chi connectivity index (χ4n) is 1.16. The highest BCUT2D eigenvalue weighted by molar-refractivity contribution is 5.77. The predicted molar refractivity (Wildman–Crippen MR) is 53.9 cm³/mol. The van der Waals surface area contributed by atoms with E-state index in [-0.39, 0.29) is 25.7 Å². The summed E-state index contributed by atoms with van der Waals surface area (Å²) in [4.78, 5) is 13.0. The van der Waals surface area contributed by atoms with Gasteiger partial charge >= 0.3 is 0 Å². The number of rotatable bonds is 8. The third kappa shape index (κ3) is 6.82. The van der Waals surface area contributed by atoms with Crippen LogP contribution in [0.25, 0.3) is 0 Å². The molecule has 0 saturated heterocycles. The SMILES string of the molecule is CCNC(=O)CN(CCO)CCCO. The van der Waals surface area contributed by atoms with Gasteiger partial charge in [0, 0.05) is 26.2 Å². The molecule has 0 fully saturated rings. The van der Waals surface area contributed by atoms with Crippen LogP contribution >= 0.6 is 0 Å². The molecule has 0 aliphatic rings. The Hall–Kier alpha value is -0.650. The Balaban J connectivity index is 3.75. The van der Waals surface area contributed by atoms with Crippen LogP contribution in [-0.2, 0) is 4.79 Å². The van der Waals surface area contributed by atoms with Crippen molar-refractivity contribution in [3.05, 3.63) is 0 Å². The minimum Gasteiger partial charge on any atom is -0.396 e. The number of amides is 1. The zero-order valence-electron chi connectivity index (χ0n) is 8.70. The van der Waals surface area contributed by atoms with E-state index in [0.29, 0.717) is 26.1 Å². The molecule has 0 atom stereocenters. The summed E-state index contributed by atoms with van der Waals surface area (Å²) in [7, 11) is 0. The van der Waals surface area contributed by atoms with Gasteiger partial charge in [0.2, 0.25) is 5.91 Å². The van der Waals surface area contributed by atoms with Crippen LogP contribution in [0.4, 0.5) is 0 Å². The van der Waals surface area contributed by atoms with Gasteiger partial charge in [-0.2, -0.15) is 0 Å². The zero-order chi connectivity index (χ0) is 10.8. The van der Waals surface area contributed by atoms with Crippen molar-refractivity contribution in [3.8, 4) is 0 Å². The molecule has 0 heterocycles. The van der Waals surface area contributed by atoms with Crippen molar-refractivity contribution in [3.63, 3.8) is 0 Å². The van der Waals surface area contributed by atoms with E-state index >= 15 is 0 Å². The lowest BCUT2D eigenvalue weighted by atomic mass is 10.3. The molecule has 0 rings (SSSR count). The first-order valence-electron chi connectivity index (χ1n) is 4.95. The number of aliphatic hydroxyl groups excluding tert-OH is 2. The van der Waals surface area contributed by atoms with E-state index in [1.165, 1.54) is 0 Å². The number of aliphatic hydroxyl groups is 2. The van der Waals surface area contributed by atoms with E-state index < -0.39 is 0 Å². The van der Waals surface area contributed by atoms with Crippen LogP contribution in [0.2, 0.25) is 0 Å². The average molecular weight is 204 g/mol. The number of carbonyl (C=O) groups excluding carboxylic acids is 1. The van der Waals surface area contributed by atoms with Crippen LogP contribution in [0.15, 0.2) is 0 Å². The Bertz CT molecular complexity index is 153. The summed E-state index contributed by atoms with van der Waals surface area (Å²) in [5.41, 5.74) is 0. The lowest BCUT2D eigenvalue weighted by Gasteiger charge is -2.19. The van der Waals surface area contributed by atoms with Crippen LogP contribution < -0.4 is 5.32 Å². The first kappa shape index (κ1) is 13.4. The zero-order valence-corrected chi connectivity index (χ0v) is 8.70. The molecule has 0 aromatic carbocycles. The monoisotopic (exact) mass is 204 g/mol. The van der Waals surface area contributed by atoms with E-state index in [4.69, 9.17) is 10.2 Å². The summed E-state index contributed by atoms with van der Waals surface area (Å²) in [5.74, 6) is -0.0427. The Labute approximate surface area is 84.7 Å². The van der Waals surface area contributed by atoms with Gasteiger partial charge in [-0.05, 0) is 13.3 Å². The summed E-state index contributed by atoms with van der Waals surface area (Å²) >= 11 is 0. The Kier molecular flexibility index (Phi) is 8.51. The molecule has 0 aliphatic heterocycles. The molecule has 0 spiro atoms. The number of likely N-dealkylation sites (N-methyl/N-ethyl adjacent to an activating group) is 1. The van der Waals surface area contributed by atoms with Crippen molar-refractivity contribution in [2.75, 3.05) is 39.4 Å². The van der Waals surface area contributed by atoms with E-state index in [2.05, 4.69) is 5.32 Å². The van der Waals surface area contributed by atoms with Gasteiger partial charge in [0.25, 0.3) is 0 Å². The fourth-order valence-corrected chi connectivity index (χ4v) is 1.16. The second-order valence-electron chi connectivity index (χ2n) is 3.03. The normalized spacial score (nSPS) is 10.6. The highest BCUT2D eigenvalue weighted by Gasteiger charge is 2.08. The standard InChI is InChI=1S/C9H20N2O3/c1-2-10-9(14)8-11(5-7-13)4-3-6-12/h12-13H,2-8H2,1H3,(H,10,14). The van der Waals surface area contributed by atoms with Gasteiger partial charge in [0.15, 0.2) is 0 Å². The average Bonchev–Trinajstić information content (AvgIpc) is 2.15. The summed E-state index contributed by atoms with van der Waals surface area (Å²) in [6.45, 7) is 4.01. The lowest BCUT2D eigenvalue weighted by Crippen LogP contribution is -2.39. The highest BCUT2D eigenvalue weighted by atomic mass is 16.3. The third-order valence-corrected chi connectivity index (χ3v) is 1.79. The molecule has 0 aromatic heterocycles. The lowest BCUT2D eigenvalue weighted by molar-refractivity contribution is -0.122. The van der Waals surface area contributed by atoms with Crippen molar-refractivity contribution < 1.29 is 15.0 Å². The molecular formula is C9H20N2O3. The Morgan fingerprint density at radius 2 is 2.00 bits per heavy atom. The van der Waals surface area contributed by atoms with Gasteiger partial charge in [-0.25, -0.2) is 0 Å². The maximum Gasteiger partial charge on any atom is 0.234 e. The van der Waals surface area contributed by atoms with Crippen LogP contribution in [0.1, 0.15) is 13.3 Å². The number of nitrogens with zero attached hydrogens (tertiary/aromatic N) is 1. The predicted octanol–water partition coefficient (Wildman–Crippen LogP) is -1.20. The van der Waals surface area contributed by atoms with E-state index in [1.54, 1.807) is 0 Å². The molecule has 3 N–H and O–H groups in total. The maximum absolute atomic E-state index is 11.2. The topological polar surface area (TPSA) is 72.8 Å². The van der Waals surface area contributed by atoms with Gasteiger partial charge in [0.1, 0.15) is 0 Å². The summed E-state index contributed by atoms with van der Waals surface area (Å²) in [6, 6.07) is 0. The van der Waals surface area contributed by atoms with Gasteiger partial charge in [-0.1, -0.05) is 0 Å². The van der Waals surface area contributed by atoms with Crippen molar-refractivity contribution in [1.82, 2.24) is 10.2 Å². The quantitative estimate of drug-likeness (QED) is 0.464. The fraction of sp³-hybridized carbons (Fsp3) is 0.889. The van der Waals surface area contributed by atoms with E-state index in [1.807, 2.05) is 11.8 Å². The van der Waals surface area contributed by atoms with Crippen molar-refractivity contribution >= 4 is 5.91 Å². The summed E-state index contributed by atoms with van der Waals surface area (Å²) in [5, 5.41) is 20.1. The molecule has 1 amide bonds. The molecule has 0 bridgehead atoms. The van der Waals surface area contributed by atoms with Gasteiger partial charge in [0.05, 0.1) is 13.2 Å². The molecular weight excluding hydrogens is 184 g/mol. The second-order valence-corrected chi connectivity index (χ2v) is 3.03. The Morgan fingerprint density at radius 1 is 1.29 bits per heavy atom. The molecule has 0 aliphatic carbocycles. The Morgan fingerprint density at radius 3 is 2.50 bits per heavy atom. The van der Waals surface area contributed by atoms with Crippen molar-refractivity contribution in [2.45, 2.75) is 13.3 Å². The smallest absolute Gasteiger partial charge is 0.234 e. The van der Waals surface area contributed by atoms with E-state index in [9.17, 15) is 4.79 Å². The van der Waals surface area contributed by atoms with Crippen LogP contribution in [0.5, 0.6) is 0 Å². The summed E-state index contributed by atoms with van der Waals surface area (Å²) in [6.07, 6.45) is 0.624. The number of nitrogens with one attached hydrogen (secondary N) is 1. The molecule has 14 heavy (non-hydrogen) atoms. The van der Waals surface area contributed by atoms with Crippen LogP contribution in [0, 0.1) is 0 Å². The first-order chi connectivity index (χ1) is 6.74. The number of carbonyl (C=O) groups is 1. The third-order valence-electron chi connectivity index (χ3n) is 1.79. The maximum atomic E-state index is 11.2. The molecule has 5 heteroatoms. The molecule has 0 aromatic rings. The largest absolute Gasteiger partial charge is 0.396 e. The van der Waals surface area contributed by atoms with Gasteiger partial charge < -0.3 is 15.5 Å². The molecule has 0 radical (unpaired) electrons. The van der Waals surface area contributed by atoms with Crippen LogP contribution in [-0.4, -0.2) is 60.4 Å². The molecule has 0 saturated carbocycles. The highest BCUT2D eigenvalue weighted by Crippen LogP contribution is 1.90. The second kappa shape index (κ2) is 8.93. The summed E-state index contributed by atoms with van der Waals surface area (Å²) < 4.78 is 0. The minimum atomic E-state index is -0.0427. The van der Waals surface area contributed by atoms with Crippen LogP contribution in [0.3, 0.4) is 0 Å². The minimum absolute atomic E-state index is 0.0326. The van der Waals surface area contributed by atoms with E-state index in [0.717, 1.165) is 0 Å². The van der Waals surface area contributed by atoms with Gasteiger partial charge in [-0.3, -0.25) is 9.69 Å². The number of hydrogen-bond donors (Lipinski definition) is 3. The molecule has 84 valence electrons. The van der Waals surface area contributed by atoms with Crippen molar-refractivity contribution in [2.24, 2.45) is 0 Å². The first-order valence-corrected chi connectivity index (χ1v) is 4.95. The molecule has 0 unspecified atom stereocenters. The van der Waals surface area contributed by atoms with Gasteiger partial charge in [-0.15, -0.1) is 0 Å². The molecule has 5 nitrogen and oxygen atoms in total.